The Morgan fingerprint density at radius 1 is 1.25 bits per heavy atom. The zero-order valence-electron chi connectivity index (χ0n) is 13.8. The molecule has 1 amide bonds. The van der Waals surface area contributed by atoms with Crippen LogP contribution in [-0.4, -0.2) is 22.6 Å². The van der Waals surface area contributed by atoms with Crippen LogP contribution in [0.2, 0.25) is 0 Å². The maximum Gasteiger partial charge on any atom is 0.257 e. The summed E-state index contributed by atoms with van der Waals surface area (Å²) in [6, 6.07) is 9.53. The molecule has 2 aromatic heterocycles. The van der Waals surface area contributed by atoms with Gasteiger partial charge >= 0.3 is 0 Å². The third-order valence-electron chi connectivity index (χ3n) is 3.83. The predicted molar refractivity (Wildman–Crippen MR) is 93.0 cm³/mol. The molecule has 24 heavy (non-hydrogen) atoms. The molecule has 6 heteroatoms. The van der Waals surface area contributed by atoms with Gasteiger partial charge in [0.05, 0.1) is 16.6 Å². The van der Waals surface area contributed by atoms with Crippen molar-refractivity contribution in [2.75, 3.05) is 11.9 Å². The molecular formula is C18H20N4O2. The molecule has 0 saturated heterocycles. The minimum Gasteiger partial charge on any atom is -0.336 e. The smallest absolute Gasteiger partial charge is 0.257 e. The highest BCUT2D eigenvalue weighted by atomic mass is 16.5. The first-order valence-electron chi connectivity index (χ1n) is 8.07. The number of para-hydroxylation sites is 1. The molecule has 0 atom stereocenters. The molecule has 2 heterocycles. The van der Waals surface area contributed by atoms with Crippen molar-refractivity contribution in [3.8, 4) is 0 Å². The normalized spacial score (nSPS) is 10.9. The fourth-order valence-electron chi connectivity index (χ4n) is 2.51. The summed E-state index contributed by atoms with van der Waals surface area (Å²) in [5, 5.41) is 11.0. The van der Waals surface area contributed by atoms with E-state index in [0.717, 1.165) is 35.3 Å². The number of aryl methyl sites for hydroxylation is 1. The number of carbonyl (C=O) groups excluding carboxylic acids is 1. The van der Waals surface area contributed by atoms with Gasteiger partial charge in [-0.3, -0.25) is 4.79 Å². The Bertz CT molecular complexity index is 857. The molecule has 2 N–H and O–H groups in total. The molecule has 3 aromatic rings. The zero-order chi connectivity index (χ0) is 16.9. The van der Waals surface area contributed by atoms with Crippen LogP contribution in [0.4, 0.5) is 5.69 Å². The van der Waals surface area contributed by atoms with Crippen LogP contribution >= 0.6 is 0 Å². The zero-order valence-corrected chi connectivity index (χ0v) is 13.8. The number of aromatic nitrogens is 2. The van der Waals surface area contributed by atoms with Gasteiger partial charge in [-0.05, 0) is 30.7 Å². The van der Waals surface area contributed by atoms with Crippen LogP contribution in [0.5, 0.6) is 0 Å². The lowest BCUT2D eigenvalue weighted by molar-refractivity contribution is 0.102. The second-order valence-electron chi connectivity index (χ2n) is 5.45. The Labute approximate surface area is 140 Å². The molecule has 3 rings (SSSR count). The van der Waals surface area contributed by atoms with Gasteiger partial charge in [0.2, 0.25) is 0 Å². The van der Waals surface area contributed by atoms with E-state index in [9.17, 15) is 4.79 Å². The van der Waals surface area contributed by atoms with Crippen molar-refractivity contribution in [1.82, 2.24) is 15.5 Å². The number of carbonyl (C=O) groups is 1. The molecule has 0 saturated carbocycles. The minimum absolute atomic E-state index is 0.198. The van der Waals surface area contributed by atoms with Crippen LogP contribution in [-0.2, 0) is 13.0 Å². The van der Waals surface area contributed by atoms with Crippen LogP contribution in [0.25, 0.3) is 11.1 Å². The maximum atomic E-state index is 12.6. The Balaban J connectivity index is 1.85. The Kier molecular flexibility index (Phi) is 4.86. The van der Waals surface area contributed by atoms with Crippen LogP contribution in [0.15, 0.2) is 41.1 Å². The van der Waals surface area contributed by atoms with Gasteiger partial charge in [0.1, 0.15) is 0 Å². The third kappa shape index (κ3) is 3.28. The number of anilines is 1. The highest BCUT2D eigenvalue weighted by Gasteiger charge is 2.14. The van der Waals surface area contributed by atoms with E-state index in [1.54, 1.807) is 6.07 Å². The standard InChI is InChI=1S/C18H20N4O2/c1-3-15-14-9-13(11-20-18(14)24-22-15)17(23)21-16-8-6-5-7-12(16)10-19-4-2/h5-9,11,19H,3-4,10H2,1-2H3,(H,21,23). The van der Waals surface area contributed by atoms with Gasteiger partial charge in [-0.15, -0.1) is 0 Å². The summed E-state index contributed by atoms with van der Waals surface area (Å²) >= 11 is 0. The lowest BCUT2D eigenvalue weighted by Gasteiger charge is -2.11. The van der Waals surface area contributed by atoms with E-state index in [4.69, 9.17) is 4.52 Å². The molecule has 0 aliphatic carbocycles. The number of amides is 1. The van der Waals surface area contributed by atoms with Gasteiger partial charge in [0.15, 0.2) is 0 Å². The van der Waals surface area contributed by atoms with Crippen molar-refractivity contribution in [3.05, 3.63) is 53.3 Å². The van der Waals surface area contributed by atoms with Gasteiger partial charge in [0.25, 0.3) is 11.6 Å². The Morgan fingerprint density at radius 3 is 2.88 bits per heavy atom. The number of nitrogens with one attached hydrogen (secondary N) is 2. The fraction of sp³-hybridized carbons (Fsp3) is 0.278. The first-order valence-corrected chi connectivity index (χ1v) is 8.07. The summed E-state index contributed by atoms with van der Waals surface area (Å²) in [4.78, 5) is 16.8. The predicted octanol–water partition coefficient (Wildman–Crippen LogP) is 3.15. The molecule has 0 spiro atoms. The maximum absolute atomic E-state index is 12.6. The SMILES string of the molecule is CCNCc1ccccc1NC(=O)c1cnc2onc(CC)c2c1. The molecule has 6 nitrogen and oxygen atoms in total. The van der Waals surface area contributed by atoms with Crippen LogP contribution in [0.3, 0.4) is 0 Å². The summed E-state index contributed by atoms with van der Waals surface area (Å²) < 4.78 is 5.16. The van der Waals surface area contributed by atoms with Crippen molar-refractivity contribution in [3.63, 3.8) is 0 Å². The molecule has 0 aliphatic rings. The van der Waals surface area contributed by atoms with E-state index < -0.39 is 0 Å². The van der Waals surface area contributed by atoms with Crippen LogP contribution in [0, 0.1) is 0 Å². The number of nitrogens with zero attached hydrogens (tertiary/aromatic N) is 2. The summed E-state index contributed by atoms with van der Waals surface area (Å²) in [6.45, 7) is 5.61. The third-order valence-corrected chi connectivity index (χ3v) is 3.83. The van der Waals surface area contributed by atoms with E-state index in [1.165, 1.54) is 6.20 Å². The van der Waals surface area contributed by atoms with E-state index >= 15 is 0 Å². The number of fused-ring (bicyclic) bond motifs is 1. The molecule has 124 valence electrons. The largest absolute Gasteiger partial charge is 0.336 e. The molecular weight excluding hydrogens is 304 g/mol. The number of pyridine rings is 1. The lowest BCUT2D eigenvalue weighted by atomic mass is 10.1. The van der Waals surface area contributed by atoms with Crippen molar-refractivity contribution >= 4 is 22.7 Å². The molecule has 0 aliphatic heterocycles. The van der Waals surface area contributed by atoms with Gasteiger partial charge in [-0.2, -0.15) is 0 Å². The first kappa shape index (κ1) is 16.1. The Hall–Kier alpha value is -2.73. The van der Waals surface area contributed by atoms with Gasteiger partial charge < -0.3 is 15.2 Å². The monoisotopic (exact) mass is 324 g/mol. The van der Waals surface area contributed by atoms with Gasteiger partial charge in [-0.1, -0.05) is 37.2 Å². The summed E-state index contributed by atoms with van der Waals surface area (Å²) in [5.41, 5.74) is 3.58. The van der Waals surface area contributed by atoms with Crippen molar-refractivity contribution in [2.45, 2.75) is 26.8 Å². The quantitative estimate of drug-likeness (QED) is 0.728. The topological polar surface area (TPSA) is 80.0 Å². The van der Waals surface area contributed by atoms with E-state index in [0.29, 0.717) is 17.8 Å². The Morgan fingerprint density at radius 2 is 2.08 bits per heavy atom. The molecule has 0 fully saturated rings. The van der Waals surface area contributed by atoms with E-state index in [-0.39, 0.29) is 5.91 Å². The van der Waals surface area contributed by atoms with Crippen molar-refractivity contribution < 1.29 is 9.32 Å². The minimum atomic E-state index is -0.198. The fourth-order valence-corrected chi connectivity index (χ4v) is 2.51. The lowest BCUT2D eigenvalue weighted by Crippen LogP contribution is -2.17. The molecule has 1 aromatic carbocycles. The number of rotatable bonds is 6. The number of hydrogen-bond acceptors (Lipinski definition) is 5. The molecule has 0 radical (unpaired) electrons. The number of hydrogen-bond donors (Lipinski definition) is 2. The van der Waals surface area contributed by atoms with Gasteiger partial charge in [0, 0.05) is 18.4 Å². The van der Waals surface area contributed by atoms with Crippen molar-refractivity contribution in [1.29, 1.82) is 0 Å². The first-order chi connectivity index (χ1) is 11.7. The average Bonchev–Trinajstić information content (AvgIpc) is 3.03. The van der Waals surface area contributed by atoms with E-state index in [1.807, 2.05) is 38.1 Å². The molecule has 0 bridgehead atoms. The highest BCUT2D eigenvalue weighted by Crippen LogP contribution is 2.20. The van der Waals surface area contributed by atoms with E-state index in [2.05, 4.69) is 20.8 Å². The number of benzene rings is 1. The summed E-state index contributed by atoms with van der Waals surface area (Å²) in [6.07, 6.45) is 2.24. The second-order valence-corrected chi connectivity index (χ2v) is 5.45. The van der Waals surface area contributed by atoms with Crippen LogP contribution in [0.1, 0.15) is 35.5 Å². The average molecular weight is 324 g/mol. The van der Waals surface area contributed by atoms with Crippen molar-refractivity contribution in [2.24, 2.45) is 0 Å². The summed E-state index contributed by atoms with van der Waals surface area (Å²) in [5.74, 6) is -0.198. The highest BCUT2D eigenvalue weighted by molar-refractivity contribution is 6.06. The molecule has 0 unspecified atom stereocenters. The summed E-state index contributed by atoms with van der Waals surface area (Å²) in [7, 11) is 0. The second kappa shape index (κ2) is 7.23. The van der Waals surface area contributed by atoms with Crippen LogP contribution < -0.4 is 10.6 Å². The van der Waals surface area contributed by atoms with Gasteiger partial charge in [-0.25, -0.2) is 4.98 Å².